The van der Waals surface area contributed by atoms with Gasteiger partial charge in [0, 0.05) is 30.6 Å². The van der Waals surface area contributed by atoms with Crippen molar-refractivity contribution in [3.05, 3.63) is 59.4 Å². The van der Waals surface area contributed by atoms with Crippen LogP contribution in [0.15, 0.2) is 42.5 Å². The summed E-state index contributed by atoms with van der Waals surface area (Å²) in [5.74, 6) is 1.85. The number of nitrogens with zero attached hydrogens (tertiary/aromatic N) is 2. The minimum atomic E-state index is -0.0934. The minimum Gasteiger partial charge on any atom is -0.494 e. The molecule has 2 aromatic carbocycles. The summed E-state index contributed by atoms with van der Waals surface area (Å²) in [6, 6.07) is 13.6. The van der Waals surface area contributed by atoms with E-state index in [-0.39, 0.29) is 5.91 Å². The summed E-state index contributed by atoms with van der Waals surface area (Å²) in [5, 5.41) is 2.99. The molecule has 5 heteroatoms. The molecule has 0 unspecified atom stereocenters. The van der Waals surface area contributed by atoms with Gasteiger partial charge in [-0.15, -0.1) is 0 Å². The lowest BCUT2D eigenvalue weighted by Gasteiger charge is -2.13. The molecule has 2 heterocycles. The highest BCUT2D eigenvalue weighted by atomic mass is 16.5. The van der Waals surface area contributed by atoms with E-state index >= 15 is 0 Å². The molecular formula is C21H23N3O2. The molecule has 0 bridgehead atoms. The summed E-state index contributed by atoms with van der Waals surface area (Å²) in [7, 11) is 0. The van der Waals surface area contributed by atoms with Crippen LogP contribution in [0.1, 0.15) is 41.5 Å². The first-order valence-corrected chi connectivity index (χ1v) is 9.24. The van der Waals surface area contributed by atoms with Crippen LogP contribution in [-0.4, -0.2) is 22.1 Å². The van der Waals surface area contributed by atoms with Crippen LogP contribution in [0.4, 0.5) is 0 Å². The first-order valence-electron chi connectivity index (χ1n) is 9.24. The highest BCUT2D eigenvalue weighted by molar-refractivity contribution is 5.97. The van der Waals surface area contributed by atoms with Crippen LogP contribution in [0, 0.1) is 0 Å². The van der Waals surface area contributed by atoms with Crippen molar-refractivity contribution in [2.24, 2.45) is 0 Å². The number of imidazole rings is 1. The number of para-hydroxylation sites is 1. The Morgan fingerprint density at radius 2 is 2.12 bits per heavy atom. The fourth-order valence-electron chi connectivity index (χ4n) is 3.54. The molecule has 26 heavy (non-hydrogen) atoms. The lowest BCUT2D eigenvalue weighted by molar-refractivity contribution is 0.0950. The number of amides is 1. The largest absolute Gasteiger partial charge is 0.494 e. The van der Waals surface area contributed by atoms with E-state index in [0.29, 0.717) is 18.7 Å². The number of rotatable bonds is 5. The van der Waals surface area contributed by atoms with Crippen LogP contribution in [0.5, 0.6) is 5.75 Å². The fraction of sp³-hybridized carbons (Fsp3) is 0.333. The Bertz CT molecular complexity index is 946. The van der Waals surface area contributed by atoms with Crippen molar-refractivity contribution in [1.82, 2.24) is 14.9 Å². The predicted molar refractivity (Wildman–Crippen MR) is 101 cm³/mol. The van der Waals surface area contributed by atoms with Crippen LogP contribution in [-0.2, 0) is 19.5 Å². The molecule has 0 saturated heterocycles. The molecule has 0 radical (unpaired) electrons. The van der Waals surface area contributed by atoms with Crippen LogP contribution in [0.2, 0.25) is 0 Å². The first-order chi connectivity index (χ1) is 12.8. The number of aryl methyl sites for hydroxylation is 2. The molecule has 1 amide bonds. The van der Waals surface area contributed by atoms with Crippen LogP contribution in [0.3, 0.4) is 0 Å². The zero-order valence-corrected chi connectivity index (χ0v) is 15.0. The van der Waals surface area contributed by atoms with Gasteiger partial charge in [0.15, 0.2) is 0 Å². The molecule has 0 atom stereocenters. The van der Waals surface area contributed by atoms with Gasteiger partial charge in [-0.3, -0.25) is 4.79 Å². The van der Waals surface area contributed by atoms with E-state index in [1.807, 2.05) is 49.4 Å². The van der Waals surface area contributed by atoms with E-state index in [1.54, 1.807) is 0 Å². The molecule has 1 aliphatic rings. The Balaban J connectivity index is 1.51. The molecule has 4 rings (SSSR count). The fourth-order valence-corrected chi connectivity index (χ4v) is 3.54. The molecule has 3 aromatic rings. The summed E-state index contributed by atoms with van der Waals surface area (Å²) < 4.78 is 7.89. The molecule has 0 aliphatic carbocycles. The van der Waals surface area contributed by atoms with Crippen molar-refractivity contribution in [2.75, 3.05) is 6.61 Å². The summed E-state index contributed by atoms with van der Waals surface area (Å²) in [6.45, 7) is 4.01. The molecule has 0 saturated carbocycles. The highest BCUT2D eigenvalue weighted by Crippen LogP contribution is 2.23. The first kappa shape index (κ1) is 16.6. The third kappa shape index (κ3) is 3.17. The second kappa shape index (κ2) is 7.20. The molecule has 5 nitrogen and oxygen atoms in total. The van der Waals surface area contributed by atoms with E-state index in [4.69, 9.17) is 9.72 Å². The average Bonchev–Trinajstić information content (AvgIpc) is 3.05. The summed E-state index contributed by atoms with van der Waals surface area (Å²) >= 11 is 0. The molecule has 1 aliphatic heterocycles. The van der Waals surface area contributed by atoms with E-state index in [2.05, 4.69) is 9.88 Å². The third-order valence-corrected chi connectivity index (χ3v) is 4.83. The average molecular weight is 349 g/mol. The van der Waals surface area contributed by atoms with Crippen molar-refractivity contribution in [3.8, 4) is 5.75 Å². The maximum Gasteiger partial charge on any atom is 0.251 e. The van der Waals surface area contributed by atoms with Gasteiger partial charge < -0.3 is 14.6 Å². The molecular weight excluding hydrogens is 326 g/mol. The van der Waals surface area contributed by atoms with Gasteiger partial charge in [-0.05, 0) is 44.0 Å². The maximum absolute atomic E-state index is 12.6. The second-order valence-electron chi connectivity index (χ2n) is 6.56. The van der Waals surface area contributed by atoms with Gasteiger partial charge in [0.1, 0.15) is 11.6 Å². The van der Waals surface area contributed by atoms with Gasteiger partial charge in [-0.25, -0.2) is 4.98 Å². The standard InChI is InChI=1S/C21H23N3O2/c1-2-26-19-8-4-3-7-16(19)14-22-21(25)15-10-11-18-17(13-15)23-20-9-5-6-12-24(18)20/h3-4,7-8,10-11,13H,2,5-6,9,12,14H2,1H3,(H,22,25). The Morgan fingerprint density at radius 1 is 1.23 bits per heavy atom. The van der Waals surface area contributed by atoms with E-state index in [1.165, 1.54) is 12.8 Å². The number of nitrogens with one attached hydrogen (secondary N) is 1. The molecule has 134 valence electrons. The van der Waals surface area contributed by atoms with Crippen molar-refractivity contribution in [1.29, 1.82) is 0 Å². The normalized spacial score (nSPS) is 13.4. The Morgan fingerprint density at radius 3 is 3.00 bits per heavy atom. The van der Waals surface area contributed by atoms with Gasteiger partial charge in [0.25, 0.3) is 5.91 Å². The lowest BCUT2D eigenvalue weighted by atomic mass is 10.1. The van der Waals surface area contributed by atoms with Crippen LogP contribution >= 0.6 is 0 Å². The molecule has 0 spiro atoms. The summed E-state index contributed by atoms with van der Waals surface area (Å²) in [4.78, 5) is 17.3. The van der Waals surface area contributed by atoms with Crippen molar-refractivity contribution in [2.45, 2.75) is 39.3 Å². The molecule has 0 fully saturated rings. The number of ether oxygens (including phenoxy) is 1. The number of carbonyl (C=O) groups is 1. The number of carbonyl (C=O) groups excluding carboxylic acids is 1. The monoisotopic (exact) mass is 349 g/mol. The third-order valence-electron chi connectivity index (χ3n) is 4.83. The van der Waals surface area contributed by atoms with Crippen molar-refractivity contribution >= 4 is 16.9 Å². The van der Waals surface area contributed by atoms with E-state index in [9.17, 15) is 4.79 Å². The minimum absolute atomic E-state index is 0.0934. The Labute approximate surface area is 153 Å². The SMILES string of the molecule is CCOc1ccccc1CNC(=O)c1ccc2c(c1)nc1n2CCCC1. The lowest BCUT2D eigenvalue weighted by Crippen LogP contribution is -2.23. The second-order valence-corrected chi connectivity index (χ2v) is 6.56. The number of benzene rings is 2. The van der Waals surface area contributed by atoms with Gasteiger partial charge >= 0.3 is 0 Å². The topological polar surface area (TPSA) is 56.1 Å². The molecule has 1 aromatic heterocycles. The number of hydrogen-bond acceptors (Lipinski definition) is 3. The Hall–Kier alpha value is -2.82. The zero-order chi connectivity index (χ0) is 17.9. The smallest absolute Gasteiger partial charge is 0.251 e. The van der Waals surface area contributed by atoms with Gasteiger partial charge in [-0.1, -0.05) is 18.2 Å². The van der Waals surface area contributed by atoms with Gasteiger partial charge in [-0.2, -0.15) is 0 Å². The number of hydrogen-bond donors (Lipinski definition) is 1. The van der Waals surface area contributed by atoms with Gasteiger partial charge in [0.05, 0.1) is 17.6 Å². The van der Waals surface area contributed by atoms with Crippen molar-refractivity contribution < 1.29 is 9.53 Å². The quantitative estimate of drug-likeness (QED) is 0.764. The number of fused-ring (bicyclic) bond motifs is 3. The molecule has 1 N–H and O–H groups in total. The maximum atomic E-state index is 12.6. The number of aromatic nitrogens is 2. The van der Waals surface area contributed by atoms with Crippen molar-refractivity contribution in [3.63, 3.8) is 0 Å². The van der Waals surface area contributed by atoms with Crippen LogP contribution < -0.4 is 10.1 Å². The van der Waals surface area contributed by atoms with Crippen LogP contribution in [0.25, 0.3) is 11.0 Å². The van der Waals surface area contributed by atoms with E-state index < -0.39 is 0 Å². The summed E-state index contributed by atoms with van der Waals surface area (Å²) in [5.41, 5.74) is 3.64. The van der Waals surface area contributed by atoms with Gasteiger partial charge in [0.2, 0.25) is 0 Å². The zero-order valence-electron chi connectivity index (χ0n) is 15.0. The predicted octanol–water partition coefficient (Wildman–Crippen LogP) is 3.70. The van der Waals surface area contributed by atoms with E-state index in [0.717, 1.165) is 41.1 Å². The highest BCUT2D eigenvalue weighted by Gasteiger charge is 2.16. The Kier molecular flexibility index (Phi) is 4.61. The summed E-state index contributed by atoms with van der Waals surface area (Å²) in [6.07, 6.45) is 3.40.